The van der Waals surface area contributed by atoms with Crippen molar-refractivity contribution < 1.29 is 0 Å². The summed E-state index contributed by atoms with van der Waals surface area (Å²) in [5, 5.41) is 1.21. The third-order valence-electron chi connectivity index (χ3n) is 4.47. The molecule has 1 aliphatic carbocycles. The largest absolute Gasteiger partial charge is 0.319 e. The summed E-state index contributed by atoms with van der Waals surface area (Å²) in [6.45, 7) is 5.62. The van der Waals surface area contributed by atoms with Gasteiger partial charge in [0, 0.05) is 18.0 Å². The zero-order chi connectivity index (χ0) is 12.6. The number of rotatable bonds is 2. The Morgan fingerprint density at radius 2 is 2.00 bits per heavy atom. The first-order valence-electron chi connectivity index (χ1n) is 7.21. The number of piperidine rings is 1. The number of likely N-dealkylation sites (tertiary alicyclic amines) is 1. The van der Waals surface area contributed by atoms with Crippen LogP contribution in [-0.2, 0) is 18.4 Å². The average molecular weight is 265 g/mol. The van der Waals surface area contributed by atoms with Gasteiger partial charge in [-0.1, -0.05) is 6.92 Å². The lowest BCUT2D eigenvalue weighted by molar-refractivity contribution is 0.168. The molecule has 2 heterocycles. The Morgan fingerprint density at radius 1 is 1.28 bits per heavy atom. The number of fused-ring (bicyclic) bond motifs is 1. The second-order valence-corrected chi connectivity index (χ2v) is 6.77. The SMILES string of the molecule is CCN1CCC(N)(c2nc3c(s2)CCCC3)CC1. The molecule has 0 atom stereocenters. The van der Waals surface area contributed by atoms with Crippen LogP contribution in [0.1, 0.15) is 48.2 Å². The first-order valence-corrected chi connectivity index (χ1v) is 8.03. The van der Waals surface area contributed by atoms with E-state index in [9.17, 15) is 0 Å². The predicted molar refractivity (Wildman–Crippen MR) is 76.0 cm³/mol. The topological polar surface area (TPSA) is 42.1 Å². The predicted octanol–water partition coefficient (Wildman–Crippen LogP) is 2.29. The molecule has 0 saturated carbocycles. The highest BCUT2D eigenvalue weighted by atomic mass is 32.1. The summed E-state index contributed by atoms with van der Waals surface area (Å²) >= 11 is 1.89. The smallest absolute Gasteiger partial charge is 0.113 e. The first-order chi connectivity index (χ1) is 8.71. The maximum Gasteiger partial charge on any atom is 0.113 e. The number of hydrogen-bond acceptors (Lipinski definition) is 4. The highest BCUT2D eigenvalue weighted by Crippen LogP contribution is 2.36. The van der Waals surface area contributed by atoms with Crippen molar-refractivity contribution in [2.24, 2.45) is 5.73 Å². The molecular formula is C14H23N3S. The summed E-state index contributed by atoms with van der Waals surface area (Å²) in [5.74, 6) is 0. The van der Waals surface area contributed by atoms with Gasteiger partial charge in [-0.15, -0.1) is 11.3 Å². The molecule has 0 aromatic carbocycles. The van der Waals surface area contributed by atoms with Gasteiger partial charge < -0.3 is 10.6 Å². The summed E-state index contributed by atoms with van der Waals surface area (Å²) in [6, 6.07) is 0. The molecule has 3 nitrogen and oxygen atoms in total. The highest BCUT2D eigenvalue weighted by Gasteiger charge is 2.35. The van der Waals surface area contributed by atoms with Gasteiger partial charge in [0.15, 0.2) is 0 Å². The maximum atomic E-state index is 6.63. The Hall–Kier alpha value is -0.450. The van der Waals surface area contributed by atoms with Crippen LogP contribution >= 0.6 is 11.3 Å². The quantitative estimate of drug-likeness (QED) is 0.892. The molecule has 1 saturated heterocycles. The van der Waals surface area contributed by atoms with Crippen molar-refractivity contribution in [3.05, 3.63) is 15.6 Å². The fourth-order valence-electron chi connectivity index (χ4n) is 3.05. The molecule has 3 rings (SSSR count). The molecular weight excluding hydrogens is 242 g/mol. The molecule has 1 aliphatic heterocycles. The molecule has 0 bridgehead atoms. The van der Waals surface area contributed by atoms with Gasteiger partial charge in [-0.25, -0.2) is 4.98 Å². The van der Waals surface area contributed by atoms with E-state index in [1.807, 2.05) is 11.3 Å². The van der Waals surface area contributed by atoms with Gasteiger partial charge in [0.1, 0.15) is 5.01 Å². The van der Waals surface area contributed by atoms with E-state index in [4.69, 9.17) is 10.7 Å². The van der Waals surface area contributed by atoms with Gasteiger partial charge in [-0.05, 0) is 45.1 Å². The minimum atomic E-state index is -0.145. The molecule has 4 heteroatoms. The Morgan fingerprint density at radius 3 is 2.67 bits per heavy atom. The number of nitrogens with zero attached hydrogens (tertiary/aromatic N) is 2. The lowest BCUT2D eigenvalue weighted by atomic mass is 9.89. The molecule has 0 spiro atoms. The third kappa shape index (κ3) is 2.22. The first kappa shape index (κ1) is 12.6. The van der Waals surface area contributed by atoms with Crippen molar-refractivity contribution in [1.82, 2.24) is 9.88 Å². The van der Waals surface area contributed by atoms with Gasteiger partial charge in [-0.3, -0.25) is 0 Å². The summed E-state index contributed by atoms with van der Waals surface area (Å²) in [6.07, 6.45) is 7.15. The second-order valence-electron chi connectivity index (χ2n) is 5.69. The molecule has 1 aromatic heterocycles. The fraction of sp³-hybridized carbons (Fsp3) is 0.786. The molecule has 0 amide bonds. The van der Waals surface area contributed by atoms with E-state index in [1.54, 1.807) is 0 Å². The maximum absolute atomic E-state index is 6.63. The van der Waals surface area contributed by atoms with Crippen LogP contribution in [-0.4, -0.2) is 29.5 Å². The van der Waals surface area contributed by atoms with Crippen molar-refractivity contribution in [2.75, 3.05) is 19.6 Å². The monoisotopic (exact) mass is 265 g/mol. The molecule has 0 unspecified atom stereocenters. The standard InChI is InChI=1S/C14H23N3S/c1-2-17-9-7-14(15,8-10-17)13-16-11-5-3-4-6-12(11)18-13/h2-10,15H2,1H3. The van der Waals surface area contributed by atoms with Crippen LogP contribution in [0.25, 0.3) is 0 Å². The van der Waals surface area contributed by atoms with Gasteiger partial charge in [0.25, 0.3) is 0 Å². The minimum absolute atomic E-state index is 0.145. The molecule has 18 heavy (non-hydrogen) atoms. The van der Waals surface area contributed by atoms with E-state index in [-0.39, 0.29) is 5.54 Å². The third-order valence-corrected chi connectivity index (χ3v) is 5.84. The van der Waals surface area contributed by atoms with Crippen LogP contribution in [0.2, 0.25) is 0 Å². The van der Waals surface area contributed by atoms with Crippen LogP contribution in [0, 0.1) is 0 Å². The van der Waals surface area contributed by atoms with E-state index in [0.29, 0.717) is 0 Å². The van der Waals surface area contributed by atoms with E-state index >= 15 is 0 Å². The van der Waals surface area contributed by atoms with E-state index in [2.05, 4.69) is 11.8 Å². The van der Waals surface area contributed by atoms with Crippen molar-refractivity contribution >= 4 is 11.3 Å². The second kappa shape index (κ2) is 4.91. The zero-order valence-electron chi connectivity index (χ0n) is 11.2. The van der Waals surface area contributed by atoms with Gasteiger partial charge >= 0.3 is 0 Å². The Labute approximate surface area is 113 Å². The fourth-order valence-corrected chi connectivity index (χ4v) is 4.36. The molecule has 1 fully saturated rings. The van der Waals surface area contributed by atoms with Crippen molar-refractivity contribution in [1.29, 1.82) is 0 Å². The van der Waals surface area contributed by atoms with E-state index in [1.165, 1.54) is 41.3 Å². The molecule has 2 aliphatic rings. The van der Waals surface area contributed by atoms with Crippen molar-refractivity contribution in [2.45, 2.75) is 51.0 Å². The van der Waals surface area contributed by atoms with Crippen molar-refractivity contribution in [3.63, 3.8) is 0 Å². The average Bonchev–Trinajstić information content (AvgIpc) is 2.84. The minimum Gasteiger partial charge on any atom is -0.319 e. The summed E-state index contributed by atoms with van der Waals surface area (Å²) < 4.78 is 0. The Bertz CT molecular complexity index is 395. The van der Waals surface area contributed by atoms with Crippen LogP contribution in [0.4, 0.5) is 0 Å². The highest BCUT2D eigenvalue weighted by molar-refractivity contribution is 7.11. The molecule has 2 N–H and O–H groups in total. The number of hydrogen-bond donors (Lipinski definition) is 1. The Kier molecular flexibility index (Phi) is 3.43. The number of aromatic nitrogens is 1. The Balaban J connectivity index is 1.79. The zero-order valence-corrected chi connectivity index (χ0v) is 12.1. The number of thiazole rings is 1. The van der Waals surface area contributed by atoms with Gasteiger partial charge in [-0.2, -0.15) is 0 Å². The molecule has 1 aromatic rings. The van der Waals surface area contributed by atoms with Crippen LogP contribution in [0.3, 0.4) is 0 Å². The van der Waals surface area contributed by atoms with Crippen LogP contribution in [0.15, 0.2) is 0 Å². The molecule has 100 valence electrons. The summed E-state index contributed by atoms with van der Waals surface area (Å²) in [5.41, 5.74) is 7.84. The van der Waals surface area contributed by atoms with E-state index in [0.717, 1.165) is 32.5 Å². The van der Waals surface area contributed by atoms with Crippen LogP contribution < -0.4 is 5.73 Å². The van der Waals surface area contributed by atoms with Gasteiger partial charge in [0.2, 0.25) is 0 Å². The van der Waals surface area contributed by atoms with Gasteiger partial charge in [0.05, 0.1) is 11.2 Å². The summed E-state index contributed by atoms with van der Waals surface area (Å²) in [7, 11) is 0. The normalized spacial score (nSPS) is 23.9. The lowest BCUT2D eigenvalue weighted by Crippen LogP contribution is -2.48. The van der Waals surface area contributed by atoms with E-state index < -0.39 is 0 Å². The number of nitrogens with two attached hydrogens (primary N) is 1. The summed E-state index contributed by atoms with van der Waals surface area (Å²) in [4.78, 5) is 8.87. The van der Waals surface area contributed by atoms with Crippen molar-refractivity contribution in [3.8, 4) is 0 Å². The lowest BCUT2D eigenvalue weighted by Gasteiger charge is -2.37. The van der Waals surface area contributed by atoms with Crippen LogP contribution in [0.5, 0.6) is 0 Å². The number of aryl methyl sites for hydroxylation is 2. The molecule has 0 radical (unpaired) electrons.